The fraction of sp³-hybridized carbons (Fsp3) is 0.714. The van der Waals surface area contributed by atoms with Gasteiger partial charge < -0.3 is 10.6 Å². The van der Waals surface area contributed by atoms with Gasteiger partial charge in [0.05, 0.1) is 5.69 Å². The second-order valence-corrected chi connectivity index (χ2v) is 5.82. The molecule has 18 heavy (non-hydrogen) atoms. The molecule has 0 radical (unpaired) electrons. The van der Waals surface area contributed by atoms with Gasteiger partial charge in [-0.25, -0.2) is 0 Å². The molecule has 0 atom stereocenters. The SMILES string of the molecule is NCc1ccc(N2CCC3(CCCCC3)C2)nn1. The molecule has 2 heterocycles. The van der Waals surface area contributed by atoms with Crippen molar-refractivity contribution in [2.45, 2.75) is 45.1 Å². The molecule has 0 aromatic carbocycles. The monoisotopic (exact) mass is 246 g/mol. The molecule has 4 nitrogen and oxygen atoms in total. The minimum Gasteiger partial charge on any atom is -0.355 e. The standard InChI is InChI=1S/C14H22N4/c15-10-12-4-5-13(17-16-12)18-9-8-14(11-18)6-2-1-3-7-14/h4-5H,1-3,6-11,15H2. The Morgan fingerprint density at radius 2 is 1.94 bits per heavy atom. The molecule has 0 unspecified atom stereocenters. The second kappa shape index (κ2) is 4.84. The first-order valence-corrected chi connectivity index (χ1v) is 7.09. The lowest BCUT2D eigenvalue weighted by Crippen LogP contribution is -2.29. The Morgan fingerprint density at radius 3 is 2.61 bits per heavy atom. The number of aromatic nitrogens is 2. The summed E-state index contributed by atoms with van der Waals surface area (Å²) in [6, 6.07) is 4.06. The fourth-order valence-electron chi connectivity index (χ4n) is 3.47. The van der Waals surface area contributed by atoms with Crippen LogP contribution in [0.5, 0.6) is 0 Å². The van der Waals surface area contributed by atoms with Gasteiger partial charge in [0.2, 0.25) is 0 Å². The van der Waals surface area contributed by atoms with Crippen molar-refractivity contribution in [1.82, 2.24) is 10.2 Å². The first kappa shape index (κ1) is 11.9. The van der Waals surface area contributed by atoms with Crippen LogP contribution in [0.1, 0.15) is 44.2 Å². The van der Waals surface area contributed by atoms with Gasteiger partial charge in [-0.05, 0) is 36.8 Å². The van der Waals surface area contributed by atoms with Crippen LogP contribution in [0.25, 0.3) is 0 Å². The van der Waals surface area contributed by atoms with Gasteiger partial charge in [0.1, 0.15) is 0 Å². The normalized spacial score (nSPS) is 22.6. The molecule has 0 bridgehead atoms. The van der Waals surface area contributed by atoms with Crippen molar-refractivity contribution in [3.63, 3.8) is 0 Å². The number of hydrogen-bond acceptors (Lipinski definition) is 4. The summed E-state index contributed by atoms with van der Waals surface area (Å²) in [5, 5.41) is 8.46. The molecule has 1 spiro atoms. The van der Waals surface area contributed by atoms with E-state index in [1.165, 1.54) is 45.1 Å². The van der Waals surface area contributed by atoms with Crippen LogP contribution in [-0.2, 0) is 6.54 Å². The van der Waals surface area contributed by atoms with E-state index in [4.69, 9.17) is 5.73 Å². The van der Waals surface area contributed by atoms with Crippen molar-refractivity contribution in [2.24, 2.45) is 11.1 Å². The third kappa shape index (κ3) is 2.21. The van der Waals surface area contributed by atoms with E-state index in [1.807, 2.05) is 6.07 Å². The van der Waals surface area contributed by atoms with E-state index in [0.29, 0.717) is 12.0 Å². The van der Waals surface area contributed by atoms with Crippen molar-refractivity contribution >= 4 is 5.82 Å². The Labute approximate surface area is 109 Å². The van der Waals surface area contributed by atoms with Gasteiger partial charge in [-0.1, -0.05) is 19.3 Å². The van der Waals surface area contributed by atoms with Gasteiger partial charge in [0.25, 0.3) is 0 Å². The Balaban J connectivity index is 1.70. The van der Waals surface area contributed by atoms with Crippen LogP contribution in [-0.4, -0.2) is 23.3 Å². The van der Waals surface area contributed by atoms with Crippen molar-refractivity contribution in [3.8, 4) is 0 Å². The molecule has 1 aliphatic carbocycles. The molecule has 1 aromatic rings. The number of nitrogens with zero attached hydrogens (tertiary/aromatic N) is 3. The Kier molecular flexibility index (Phi) is 3.20. The van der Waals surface area contributed by atoms with Crippen molar-refractivity contribution in [3.05, 3.63) is 17.8 Å². The number of anilines is 1. The van der Waals surface area contributed by atoms with Crippen LogP contribution >= 0.6 is 0 Å². The molecule has 98 valence electrons. The molecule has 1 aromatic heterocycles. The van der Waals surface area contributed by atoms with Crippen LogP contribution in [0.2, 0.25) is 0 Å². The molecule has 1 saturated heterocycles. The molecule has 2 fully saturated rings. The van der Waals surface area contributed by atoms with E-state index in [0.717, 1.165) is 18.1 Å². The summed E-state index contributed by atoms with van der Waals surface area (Å²) in [6.45, 7) is 2.78. The van der Waals surface area contributed by atoms with Gasteiger partial charge in [0.15, 0.2) is 5.82 Å². The van der Waals surface area contributed by atoms with Crippen LogP contribution in [0.15, 0.2) is 12.1 Å². The fourth-order valence-corrected chi connectivity index (χ4v) is 3.47. The molecule has 0 amide bonds. The molecule has 2 aliphatic rings. The lowest BCUT2D eigenvalue weighted by molar-refractivity contribution is 0.219. The summed E-state index contributed by atoms with van der Waals surface area (Å²) in [5.74, 6) is 1.02. The highest BCUT2D eigenvalue weighted by molar-refractivity contribution is 5.39. The number of rotatable bonds is 2. The topological polar surface area (TPSA) is 55.0 Å². The first-order chi connectivity index (χ1) is 8.81. The summed E-state index contributed by atoms with van der Waals surface area (Å²) in [6.07, 6.45) is 8.37. The third-order valence-corrected chi connectivity index (χ3v) is 4.59. The van der Waals surface area contributed by atoms with E-state index >= 15 is 0 Å². The van der Waals surface area contributed by atoms with Gasteiger partial charge in [-0.2, -0.15) is 5.10 Å². The second-order valence-electron chi connectivity index (χ2n) is 5.82. The van der Waals surface area contributed by atoms with E-state index in [9.17, 15) is 0 Å². The van der Waals surface area contributed by atoms with Gasteiger partial charge >= 0.3 is 0 Å². The maximum Gasteiger partial charge on any atom is 0.151 e. The van der Waals surface area contributed by atoms with E-state index < -0.39 is 0 Å². The Bertz CT molecular complexity index is 395. The Hall–Kier alpha value is -1.16. The molecule has 1 aliphatic heterocycles. The predicted octanol–water partition coefficient (Wildman–Crippen LogP) is 2.10. The lowest BCUT2D eigenvalue weighted by Gasteiger charge is -2.33. The summed E-state index contributed by atoms with van der Waals surface area (Å²) in [4.78, 5) is 2.40. The van der Waals surface area contributed by atoms with Crippen molar-refractivity contribution in [1.29, 1.82) is 0 Å². The van der Waals surface area contributed by atoms with E-state index in [-0.39, 0.29) is 0 Å². The molecule has 4 heteroatoms. The Morgan fingerprint density at radius 1 is 1.11 bits per heavy atom. The van der Waals surface area contributed by atoms with Gasteiger partial charge in [0, 0.05) is 19.6 Å². The van der Waals surface area contributed by atoms with Crippen molar-refractivity contribution < 1.29 is 0 Å². The van der Waals surface area contributed by atoms with Crippen molar-refractivity contribution in [2.75, 3.05) is 18.0 Å². The summed E-state index contributed by atoms with van der Waals surface area (Å²) in [7, 11) is 0. The highest BCUT2D eigenvalue weighted by Gasteiger charge is 2.39. The smallest absolute Gasteiger partial charge is 0.151 e. The number of hydrogen-bond donors (Lipinski definition) is 1. The van der Waals surface area contributed by atoms with Gasteiger partial charge in [-0.15, -0.1) is 5.10 Å². The minimum atomic E-state index is 0.469. The average Bonchev–Trinajstić information content (AvgIpc) is 2.83. The maximum absolute atomic E-state index is 5.55. The largest absolute Gasteiger partial charge is 0.355 e. The molecule has 2 N–H and O–H groups in total. The summed E-state index contributed by atoms with van der Waals surface area (Å²) >= 11 is 0. The van der Waals surface area contributed by atoms with Crippen LogP contribution < -0.4 is 10.6 Å². The maximum atomic E-state index is 5.55. The predicted molar refractivity (Wildman–Crippen MR) is 72.3 cm³/mol. The third-order valence-electron chi connectivity index (χ3n) is 4.59. The number of nitrogens with two attached hydrogens (primary N) is 1. The van der Waals surface area contributed by atoms with Crippen LogP contribution in [0.3, 0.4) is 0 Å². The molecular formula is C14H22N4. The first-order valence-electron chi connectivity index (χ1n) is 7.09. The quantitative estimate of drug-likeness (QED) is 0.868. The highest BCUT2D eigenvalue weighted by atomic mass is 15.3. The molecule has 1 saturated carbocycles. The molecular weight excluding hydrogens is 224 g/mol. The average molecular weight is 246 g/mol. The summed E-state index contributed by atoms with van der Waals surface area (Å²) in [5.41, 5.74) is 6.99. The van der Waals surface area contributed by atoms with E-state index in [1.54, 1.807) is 0 Å². The van der Waals surface area contributed by atoms with Crippen LogP contribution in [0.4, 0.5) is 5.82 Å². The van der Waals surface area contributed by atoms with Gasteiger partial charge in [-0.3, -0.25) is 0 Å². The zero-order valence-corrected chi connectivity index (χ0v) is 10.9. The molecule has 3 rings (SSSR count). The lowest BCUT2D eigenvalue weighted by atomic mass is 9.73. The van der Waals surface area contributed by atoms with Crippen LogP contribution in [0, 0.1) is 5.41 Å². The minimum absolute atomic E-state index is 0.469. The highest BCUT2D eigenvalue weighted by Crippen LogP contribution is 2.44. The zero-order valence-electron chi connectivity index (χ0n) is 10.9. The van der Waals surface area contributed by atoms with E-state index in [2.05, 4.69) is 21.2 Å². The zero-order chi connectivity index (χ0) is 12.4. The summed E-state index contributed by atoms with van der Waals surface area (Å²) < 4.78 is 0.